The van der Waals surface area contributed by atoms with Crippen molar-refractivity contribution in [3.05, 3.63) is 28.8 Å². The Bertz CT molecular complexity index is 500. The molecule has 2 rings (SSSR count). The van der Waals surface area contributed by atoms with Crippen LogP contribution in [0.4, 0.5) is 0 Å². The zero-order chi connectivity index (χ0) is 14.0. The van der Waals surface area contributed by atoms with Crippen LogP contribution in [0.25, 0.3) is 0 Å². The summed E-state index contributed by atoms with van der Waals surface area (Å²) in [6.45, 7) is 4.88. The number of nitrogens with zero attached hydrogens (tertiary/aromatic N) is 3. The molecule has 0 aliphatic carbocycles. The smallest absolute Gasteiger partial charge is 0.134 e. The van der Waals surface area contributed by atoms with Gasteiger partial charge in [-0.2, -0.15) is 5.26 Å². The van der Waals surface area contributed by atoms with Gasteiger partial charge in [0.05, 0.1) is 11.1 Å². The summed E-state index contributed by atoms with van der Waals surface area (Å²) >= 11 is 5.93. The average Bonchev–Trinajstić information content (AvgIpc) is 2.37. The van der Waals surface area contributed by atoms with Crippen LogP contribution in [0.15, 0.2) is 18.2 Å². The van der Waals surface area contributed by atoms with Gasteiger partial charge in [0.15, 0.2) is 0 Å². The molecule has 1 N–H and O–H groups in total. The van der Waals surface area contributed by atoms with Gasteiger partial charge in [0, 0.05) is 25.7 Å². The Balaban J connectivity index is 2.24. The minimum absolute atomic E-state index is 0.0496. The molecule has 1 saturated heterocycles. The highest BCUT2D eigenvalue weighted by atomic mass is 35.5. The summed E-state index contributed by atoms with van der Waals surface area (Å²) in [5.41, 5.74) is 0.835. The summed E-state index contributed by atoms with van der Waals surface area (Å²) in [7, 11) is 2.09. The van der Waals surface area contributed by atoms with E-state index in [2.05, 4.69) is 29.8 Å². The van der Waals surface area contributed by atoms with Gasteiger partial charge in [0.2, 0.25) is 0 Å². The number of aromatic hydroxyl groups is 1. The fraction of sp³-hybridized carbons (Fsp3) is 0.500. The third-order valence-electron chi connectivity index (χ3n) is 3.62. The molecule has 0 saturated carbocycles. The van der Waals surface area contributed by atoms with E-state index in [4.69, 9.17) is 11.6 Å². The largest absolute Gasteiger partial charge is 0.506 e. The quantitative estimate of drug-likeness (QED) is 0.902. The van der Waals surface area contributed by atoms with E-state index < -0.39 is 0 Å². The lowest BCUT2D eigenvalue weighted by atomic mass is 10.0. The first-order valence-electron chi connectivity index (χ1n) is 6.35. The topological polar surface area (TPSA) is 50.5 Å². The molecule has 1 aliphatic rings. The number of benzene rings is 1. The standard InChI is InChI=1S/C14H18ClN3O/c1-10-9-17(2)5-6-18(10)13(8-16)11-3-4-14(19)12(15)7-11/h3-4,7,10,13,19H,5-6,9H2,1-2H3. The molecule has 0 bridgehead atoms. The second kappa shape index (κ2) is 5.79. The van der Waals surface area contributed by atoms with Gasteiger partial charge in [-0.3, -0.25) is 4.90 Å². The zero-order valence-corrected chi connectivity index (χ0v) is 11.9. The molecule has 102 valence electrons. The van der Waals surface area contributed by atoms with Crippen LogP contribution in [0.2, 0.25) is 5.02 Å². The third-order valence-corrected chi connectivity index (χ3v) is 3.93. The maximum Gasteiger partial charge on any atom is 0.134 e. The van der Waals surface area contributed by atoms with E-state index in [1.54, 1.807) is 18.2 Å². The van der Waals surface area contributed by atoms with E-state index in [0.717, 1.165) is 25.2 Å². The monoisotopic (exact) mass is 279 g/mol. The number of halogens is 1. The highest BCUT2D eigenvalue weighted by molar-refractivity contribution is 6.32. The molecule has 0 radical (unpaired) electrons. The van der Waals surface area contributed by atoms with Crippen molar-refractivity contribution in [3.63, 3.8) is 0 Å². The lowest BCUT2D eigenvalue weighted by Gasteiger charge is -2.40. The molecule has 2 unspecified atom stereocenters. The predicted octanol–water partition coefficient (Wildman–Crippen LogP) is 2.25. The second-order valence-corrected chi connectivity index (χ2v) is 5.50. The van der Waals surface area contributed by atoms with Gasteiger partial charge in [-0.25, -0.2) is 0 Å². The summed E-state index contributed by atoms with van der Waals surface area (Å²) in [4.78, 5) is 4.45. The second-order valence-electron chi connectivity index (χ2n) is 5.09. The van der Waals surface area contributed by atoms with Crippen LogP contribution in [0, 0.1) is 11.3 Å². The highest BCUT2D eigenvalue weighted by Crippen LogP contribution is 2.30. The number of phenols is 1. The Morgan fingerprint density at radius 3 is 2.79 bits per heavy atom. The minimum atomic E-state index is -0.318. The van der Waals surface area contributed by atoms with E-state index in [9.17, 15) is 10.4 Å². The molecule has 1 aromatic carbocycles. The van der Waals surface area contributed by atoms with Gasteiger partial charge in [-0.05, 0) is 31.7 Å². The molecule has 0 aromatic heterocycles. The first-order chi connectivity index (χ1) is 9.02. The summed E-state index contributed by atoms with van der Waals surface area (Å²) < 4.78 is 0. The van der Waals surface area contributed by atoms with Crippen molar-refractivity contribution in [1.82, 2.24) is 9.80 Å². The van der Waals surface area contributed by atoms with Crippen LogP contribution in [0.3, 0.4) is 0 Å². The van der Waals surface area contributed by atoms with Gasteiger partial charge < -0.3 is 10.0 Å². The molecule has 4 nitrogen and oxygen atoms in total. The Labute approximate surface area is 118 Å². The summed E-state index contributed by atoms with van der Waals surface area (Å²) in [6.07, 6.45) is 0. The lowest BCUT2D eigenvalue weighted by Crippen LogP contribution is -2.51. The van der Waals surface area contributed by atoms with Crippen LogP contribution in [0.1, 0.15) is 18.5 Å². The first-order valence-corrected chi connectivity index (χ1v) is 6.73. The molecule has 1 aromatic rings. The number of hydrogen-bond donors (Lipinski definition) is 1. The molecular formula is C14H18ClN3O. The molecule has 0 amide bonds. The number of hydrogen-bond acceptors (Lipinski definition) is 4. The van der Waals surface area contributed by atoms with E-state index >= 15 is 0 Å². The van der Waals surface area contributed by atoms with Crippen LogP contribution in [-0.4, -0.2) is 47.6 Å². The van der Waals surface area contributed by atoms with E-state index in [1.165, 1.54) is 0 Å². The van der Waals surface area contributed by atoms with Gasteiger partial charge >= 0.3 is 0 Å². The van der Waals surface area contributed by atoms with Crippen molar-refractivity contribution < 1.29 is 5.11 Å². The number of phenolic OH excluding ortho intramolecular Hbond substituents is 1. The van der Waals surface area contributed by atoms with Crippen LogP contribution < -0.4 is 0 Å². The van der Waals surface area contributed by atoms with Crippen LogP contribution in [-0.2, 0) is 0 Å². The fourth-order valence-corrected chi connectivity index (χ4v) is 2.76. The Morgan fingerprint density at radius 1 is 1.47 bits per heavy atom. The van der Waals surface area contributed by atoms with E-state index in [1.807, 2.05) is 0 Å². The number of piperazine rings is 1. The first kappa shape index (κ1) is 14.1. The summed E-state index contributed by atoms with van der Waals surface area (Å²) in [6, 6.07) is 7.33. The number of nitriles is 1. The average molecular weight is 280 g/mol. The van der Waals surface area contributed by atoms with Crippen molar-refractivity contribution in [2.24, 2.45) is 0 Å². The fourth-order valence-electron chi connectivity index (χ4n) is 2.57. The lowest BCUT2D eigenvalue weighted by molar-refractivity contribution is 0.0797. The molecular weight excluding hydrogens is 262 g/mol. The van der Waals surface area contributed by atoms with Gasteiger partial charge in [-0.15, -0.1) is 0 Å². The predicted molar refractivity (Wildman–Crippen MR) is 75.1 cm³/mol. The molecule has 1 aliphatic heterocycles. The van der Waals surface area contributed by atoms with E-state index in [0.29, 0.717) is 11.1 Å². The molecule has 1 heterocycles. The summed E-state index contributed by atoms with van der Waals surface area (Å²) in [5.74, 6) is 0.0496. The molecule has 5 heteroatoms. The molecule has 0 spiro atoms. The SMILES string of the molecule is CC1CN(C)CCN1C(C#N)c1ccc(O)c(Cl)c1. The number of rotatable bonds is 2. The van der Waals surface area contributed by atoms with Crippen molar-refractivity contribution in [2.75, 3.05) is 26.7 Å². The maximum atomic E-state index is 9.46. The molecule has 19 heavy (non-hydrogen) atoms. The van der Waals surface area contributed by atoms with Crippen LogP contribution >= 0.6 is 11.6 Å². The highest BCUT2D eigenvalue weighted by Gasteiger charge is 2.29. The zero-order valence-electron chi connectivity index (χ0n) is 11.2. The van der Waals surface area contributed by atoms with Crippen molar-refractivity contribution in [3.8, 4) is 11.8 Å². The minimum Gasteiger partial charge on any atom is -0.506 e. The molecule has 2 atom stereocenters. The maximum absolute atomic E-state index is 9.46. The summed E-state index contributed by atoms with van der Waals surface area (Å²) in [5, 5.41) is 19.2. The molecule has 1 fully saturated rings. The third kappa shape index (κ3) is 3.01. The van der Waals surface area contributed by atoms with E-state index in [-0.39, 0.29) is 11.8 Å². The van der Waals surface area contributed by atoms with Crippen LogP contribution in [0.5, 0.6) is 5.75 Å². The Morgan fingerprint density at radius 2 is 2.21 bits per heavy atom. The Hall–Kier alpha value is -1.28. The van der Waals surface area contributed by atoms with Gasteiger partial charge in [0.25, 0.3) is 0 Å². The Kier molecular flexibility index (Phi) is 4.31. The van der Waals surface area contributed by atoms with Crippen molar-refractivity contribution in [2.45, 2.75) is 19.0 Å². The van der Waals surface area contributed by atoms with Crippen molar-refractivity contribution >= 4 is 11.6 Å². The van der Waals surface area contributed by atoms with Gasteiger partial charge in [0.1, 0.15) is 11.8 Å². The van der Waals surface area contributed by atoms with Gasteiger partial charge in [-0.1, -0.05) is 17.7 Å². The normalized spacial score (nSPS) is 22.9. The number of likely N-dealkylation sites (N-methyl/N-ethyl adjacent to an activating group) is 1. The van der Waals surface area contributed by atoms with Crippen molar-refractivity contribution in [1.29, 1.82) is 5.26 Å².